The fraction of sp³-hybridized carbons (Fsp3) is 1.00. The molecule has 1 saturated heterocycles. The third-order valence-corrected chi connectivity index (χ3v) is 1.76. The van der Waals surface area contributed by atoms with Crippen LogP contribution in [0.1, 0.15) is 33.1 Å². The molecule has 0 saturated carbocycles. The minimum absolute atomic E-state index is 0.356. The van der Waals surface area contributed by atoms with Gasteiger partial charge < -0.3 is 0 Å². The van der Waals surface area contributed by atoms with Crippen LogP contribution in [-0.4, -0.2) is 12.2 Å². The topological polar surface area (TPSA) is 18.5 Å². The highest BCUT2D eigenvalue weighted by molar-refractivity contribution is 4.65. The van der Waals surface area contributed by atoms with Crippen LogP contribution in [-0.2, 0) is 9.78 Å². The van der Waals surface area contributed by atoms with E-state index in [9.17, 15) is 0 Å². The lowest BCUT2D eigenvalue weighted by molar-refractivity contribution is -0.296. The maximum atomic E-state index is 5.01. The molecule has 2 atom stereocenters. The van der Waals surface area contributed by atoms with Crippen LogP contribution in [0, 0.1) is 0 Å². The molecular formula is C7H14O2. The van der Waals surface area contributed by atoms with E-state index in [1.54, 1.807) is 0 Å². The first-order valence-electron chi connectivity index (χ1n) is 3.69. The molecule has 1 aliphatic heterocycles. The zero-order valence-corrected chi connectivity index (χ0v) is 6.09. The van der Waals surface area contributed by atoms with E-state index in [2.05, 4.69) is 13.8 Å². The van der Waals surface area contributed by atoms with Crippen molar-refractivity contribution >= 4 is 0 Å². The molecule has 1 rings (SSSR count). The van der Waals surface area contributed by atoms with Crippen molar-refractivity contribution in [2.24, 2.45) is 0 Å². The molecule has 0 aliphatic carbocycles. The minimum Gasteiger partial charge on any atom is -0.233 e. The van der Waals surface area contributed by atoms with Gasteiger partial charge in [-0.3, -0.25) is 0 Å². The van der Waals surface area contributed by atoms with E-state index in [-0.39, 0.29) is 0 Å². The third-order valence-electron chi connectivity index (χ3n) is 1.76. The van der Waals surface area contributed by atoms with Crippen LogP contribution in [0.25, 0.3) is 0 Å². The van der Waals surface area contributed by atoms with Gasteiger partial charge in [-0.1, -0.05) is 13.8 Å². The van der Waals surface area contributed by atoms with E-state index in [1.807, 2.05) is 0 Å². The Kier molecular flexibility index (Phi) is 2.49. The van der Waals surface area contributed by atoms with Crippen LogP contribution in [0.3, 0.4) is 0 Å². The quantitative estimate of drug-likeness (QED) is 0.531. The summed E-state index contributed by atoms with van der Waals surface area (Å²) in [6, 6.07) is 0. The lowest BCUT2D eigenvalue weighted by atomic mass is 10.1. The highest BCUT2D eigenvalue weighted by Crippen LogP contribution is 2.20. The molecule has 0 amide bonds. The fourth-order valence-electron chi connectivity index (χ4n) is 0.998. The Morgan fingerprint density at radius 2 is 1.56 bits per heavy atom. The summed E-state index contributed by atoms with van der Waals surface area (Å²) in [6.07, 6.45) is 3.92. The molecule has 54 valence electrons. The Morgan fingerprint density at radius 3 is 1.78 bits per heavy atom. The van der Waals surface area contributed by atoms with E-state index < -0.39 is 0 Å². The van der Waals surface area contributed by atoms with Gasteiger partial charge >= 0.3 is 0 Å². The fourth-order valence-corrected chi connectivity index (χ4v) is 0.998. The molecule has 0 spiro atoms. The van der Waals surface area contributed by atoms with Crippen molar-refractivity contribution in [3.8, 4) is 0 Å². The molecule has 1 aliphatic rings. The van der Waals surface area contributed by atoms with Crippen molar-refractivity contribution in [3.05, 3.63) is 0 Å². The largest absolute Gasteiger partial charge is 0.233 e. The van der Waals surface area contributed by atoms with Gasteiger partial charge in [0, 0.05) is 6.42 Å². The van der Waals surface area contributed by atoms with Crippen LogP contribution in [0.5, 0.6) is 0 Å². The van der Waals surface area contributed by atoms with Gasteiger partial charge in [0.25, 0.3) is 0 Å². The maximum Gasteiger partial charge on any atom is 0.0953 e. The summed E-state index contributed by atoms with van der Waals surface area (Å²) in [5.74, 6) is 0. The van der Waals surface area contributed by atoms with Gasteiger partial charge in [0.2, 0.25) is 0 Å². The zero-order valence-electron chi connectivity index (χ0n) is 6.09. The molecular weight excluding hydrogens is 116 g/mol. The van der Waals surface area contributed by atoms with Gasteiger partial charge in [-0.2, -0.15) is 0 Å². The van der Waals surface area contributed by atoms with E-state index in [0.717, 1.165) is 19.3 Å². The Labute approximate surface area is 56.1 Å². The molecule has 2 unspecified atom stereocenters. The molecule has 1 fully saturated rings. The van der Waals surface area contributed by atoms with Crippen molar-refractivity contribution in [3.63, 3.8) is 0 Å². The standard InChI is InChI=1S/C7H14O2/c1-3-6-5-7(4-2)9-8-6/h6-7H,3-5H2,1-2H3. The first-order chi connectivity index (χ1) is 4.36. The normalized spacial score (nSPS) is 35.3. The summed E-state index contributed by atoms with van der Waals surface area (Å²) < 4.78 is 0. The predicted octanol–water partition coefficient (Wildman–Crippen LogP) is 1.90. The highest BCUT2D eigenvalue weighted by atomic mass is 17.2. The van der Waals surface area contributed by atoms with Crippen LogP contribution in [0.2, 0.25) is 0 Å². The highest BCUT2D eigenvalue weighted by Gasteiger charge is 2.23. The molecule has 0 aromatic rings. The van der Waals surface area contributed by atoms with Crippen molar-refractivity contribution in [1.29, 1.82) is 0 Å². The second-order valence-electron chi connectivity index (χ2n) is 2.49. The first kappa shape index (κ1) is 7.03. The van der Waals surface area contributed by atoms with Gasteiger partial charge in [-0.15, -0.1) is 0 Å². The minimum atomic E-state index is 0.356. The number of hydrogen-bond donors (Lipinski definition) is 0. The van der Waals surface area contributed by atoms with Crippen molar-refractivity contribution in [1.82, 2.24) is 0 Å². The second-order valence-corrected chi connectivity index (χ2v) is 2.49. The van der Waals surface area contributed by atoms with Crippen LogP contribution in [0.15, 0.2) is 0 Å². The van der Waals surface area contributed by atoms with Crippen molar-refractivity contribution < 1.29 is 9.78 Å². The lowest BCUT2D eigenvalue weighted by Crippen LogP contribution is -2.04. The van der Waals surface area contributed by atoms with Gasteiger partial charge in [0.15, 0.2) is 0 Å². The molecule has 0 N–H and O–H groups in total. The predicted molar refractivity (Wildman–Crippen MR) is 34.9 cm³/mol. The monoisotopic (exact) mass is 130 g/mol. The average Bonchev–Trinajstić information content (AvgIpc) is 2.34. The molecule has 0 bridgehead atoms. The lowest BCUT2D eigenvalue weighted by Gasteiger charge is -1.98. The zero-order chi connectivity index (χ0) is 6.69. The van der Waals surface area contributed by atoms with E-state index in [4.69, 9.17) is 9.78 Å². The van der Waals surface area contributed by atoms with Crippen LogP contribution >= 0.6 is 0 Å². The van der Waals surface area contributed by atoms with Gasteiger partial charge in [-0.25, -0.2) is 9.78 Å². The third kappa shape index (κ3) is 1.66. The molecule has 1 heterocycles. The number of hydrogen-bond acceptors (Lipinski definition) is 2. The van der Waals surface area contributed by atoms with Gasteiger partial charge in [0.05, 0.1) is 12.2 Å². The molecule has 2 heteroatoms. The summed E-state index contributed by atoms with van der Waals surface area (Å²) in [5, 5.41) is 0. The molecule has 0 aromatic heterocycles. The van der Waals surface area contributed by atoms with Crippen molar-refractivity contribution in [2.45, 2.75) is 45.3 Å². The van der Waals surface area contributed by atoms with Crippen LogP contribution < -0.4 is 0 Å². The Bertz CT molecular complexity index is 73.0. The first-order valence-corrected chi connectivity index (χ1v) is 3.69. The smallest absolute Gasteiger partial charge is 0.0953 e. The Balaban J connectivity index is 2.20. The molecule has 0 radical (unpaired) electrons. The van der Waals surface area contributed by atoms with Gasteiger partial charge in [0.1, 0.15) is 0 Å². The summed E-state index contributed by atoms with van der Waals surface area (Å²) >= 11 is 0. The van der Waals surface area contributed by atoms with Gasteiger partial charge in [-0.05, 0) is 12.8 Å². The summed E-state index contributed by atoms with van der Waals surface area (Å²) in [7, 11) is 0. The summed E-state index contributed by atoms with van der Waals surface area (Å²) in [5.41, 5.74) is 0. The maximum absolute atomic E-state index is 5.01. The van der Waals surface area contributed by atoms with Crippen molar-refractivity contribution in [2.75, 3.05) is 0 Å². The van der Waals surface area contributed by atoms with E-state index >= 15 is 0 Å². The second kappa shape index (κ2) is 3.18. The SMILES string of the molecule is CCC1CC(CC)OO1. The van der Waals surface area contributed by atoms with E-state index in [0.29, 0.717) is 12.2 Å². The molecule has 0 aromatic carbocycles. The Hall–Kier alpha value is -0.0800. The average molecular weight is 130 g/mol. The Morgan fingerprint density at radius 1 is 1.11 bits per heavy atom. The van der Waals surface area contributed by atoms with E-state index in [1.165, 1.54) is 0 Å². The molecule has 9 heavy (non-hydrogen) atoms. The summed E-state index contributed by atoms with van der Waals surface area (Å²) in [4.78, 5) is 10.0. The van der Waals surface area contributed by atoms with Crippen LogP contribution in [0.4, 0.5) is 0 Å². The molecule has 2 nitrogen and oxygen atoms in total. The summed E-state index contributed by atoms with van der Waals surface area (Å²) in [6.45, 7) is 4.23. The number of rotatable bonds is 2.